The van der Waals surface area contributed by atoms with E-state index in [9.17, 15) is 4.79 Å². The van der Waals surface area contributed by atoms with Crippen LogP contribution in [0, 0.1) is 0 Å². The summed E-state index contributed by atoms with van der Waals surface area (Å²) in [5.74, 6) is 0.116. The van der Waals surface area contributed by atoms with Crippen molar-refractivity contribution in [3.63, 3.8) is 0 Å². The molecule has 1 aromatic rings. The van der Waals surface area contributed by atoms with Crippen LogP contribution in [0.3, 0.4) is 0 Å². The van der Waals surface area contributed by atoms with E-state index in [1.54, 1.807) is 4.68 Å². The van der Waals surface area contributed by atoms with Crippen molar-refractivity contribution >= 4 is 5.91 Å². The number of amides is 1. The first-order valence-electron chi connectivity index (χ1n) is 8.41. The lowest BCUT2D eigenvalue weighted by molar-refractivity contribution is -0.135. The minimum absolute atomic E-state index is 0.0251. The lowest BCUT2D eigenvalue weighted by Crippen LogP contribution is -2.48. The molecule has 1 N–H and O–H groups in total. The van der Waals surface area contributed by atoms with Crippen molar-refractivity contribution in [2.24, 2.45) is 0 Å². The highest BCUT2D eigenvalue weighted by atomic mass is 16.2. The van der Waals surface area contributed by atoms with Gasteiger partial charge in [-0.25, -0.2) is 4.68 Å². The van der Waals surface area contributed by atoms with E-state index in [1.165, 1.54) is 0 Å². The molecule has 23 heavy (non-hydrogen) atoms. The Kier molecular flexibility index (Phi) is 4.59. The topological polar surface area (TPSA) is 63.1 Å². The molecule has 0 aliphatic carbocycles. The normalized spacial score (nSPS) is 18.5. The zero-order valence-electron chi connectivity index (χ0n) is 15.6. The Morgan fingerprint density at radius 2 is 1.96 bits per heavy atom. The van der Waals surface area contributed by atoms with E-state index in [-0.39, 0.29) is 29.1 Å². The molecule has 2 rings (SSSR count). The number of likely N-dealkylation sites (tertiary alicyclic amines) is 1. The summed E-state index contributed by atoms with van der Waals surface area (Å²) in [5, 5.41) is 12.0. The maximum absolute atomic E-state index is 12.5. The van der Waals surface area contributed by atoms with Gasteiger partial charge in [0.25, 0.3) is 0 Å². The average Bonchev–Trinajstić information content (AvgIpc) is 2.92. The molecule has 2 heterocycles. The Balaban J connectivity index is 2.06. The van der Waals surface area contributed by atoms with Crippen molar-refractivity contribution in [3.05, 3.63) is 11.9 Å². The molecule has 1 fully saturated rings. The highest BCUT2D eigenvalue weighted by molar-refractivity contribution is 5.77. The van der Waals surface area contributed by atoms with Crippen LogP contribution in [0.4, 0.5) is 0 Å². The monoisotopic (exact) mass is 321 g/mol. The molecule has 1 amide bonds. The van der Waals surface area contributed by atoms with Gasteiger partial charge in [0.1, 0.15) is 12.2 Å². The molecule has 1 saturated heterocycles. The lowest BCUT2D eigenvalue weighted by atomic mass is 9.96. The Morgan fingerprint density at radius 1 is 1.30 bits per heavy atom. The summed E-state index contributed by atoms with van der Waals surface area (Å²) in [5.41, 5.74) is 0.476. The number of nitrogens with zero attached hydrogens (tertiary/aromatic N) is 4. The largest absolute Gasteiger partial charge is 0.336 e. The van der Waals surface area contributed by atoms with Crippen molar-refractivity contribution in [1.29, 1.82) is 0 Å². The Morgan fingerprint density at radius 3 is 2.48 bits per heavy atom. The van der Waals surface area contributed by atoms with Gasteiger partial charge in [-0.1, -0.05) is 5.21 Å². The highest BCUT2D eigenvalue weighted by Crippen LogP contribution is 2.28. The number of aromatic nitrogens is 3. The van der Waals surface area contributed by atoms with Crippen LogP contribution < -0.4 is 5.32 Å². The second kappa shape index (κ2) is 5.89. The summed E-state index contributed by atoms with van der Waals surface area (Å²) in [7, 11) is 0. The van der Waals surface area contributed by atoms with Crippen LogP contribution >= 0.6 is 0 Å². The smallest absolute Gasteiger partial charge is 0.244 e. The zero-order chi connectivity index (χ0) is 17.5. The first-order chi connectivity index (χ1) is 10.4. The number of rotatable bonds is 4. The maximum Gasteiger partial charge on any atom is 0.244 e. The van der Waals surface area contributed by atoms with Gasteiger partial charge in [0.2, 0.25) is 5.91 Å². The molecular formula is C17H31N5O. The molecule has 0 spiro atoms. The summed E-state index contributed by atoms with van der Waals surface area (Å²) in [6.45, 7) is 15.9. The molecule has 0 radical (unpaired) electrons. The second-order valence-electron chi connectivity index (χ2n) is 8.76. The number of nitrogens with one attached hydrogen (secondary N) is 1. The Labute approximate surface area is 139 Å². The zero-order valence-corrected chi connectivity index (χ0v) is 15.6. The minimum atomic E-state index is -0.299. The molecule has 6 nitrogen and oxygen atoms in total. The Bertz CT molecular complexity index is 568. The molecule has 0 saturated carbocycles. The third-order valence-corrected chi connectivity index (χ3v) is 4.37. The number of hydrogen-bond acceptors (Lipinski definition) is 4. The minimum Gasteiger partial charge on any atom is -0.336 e. The van der Waals surface area contributed by atoms with Crippen LogP contribution in [0.25, 0.3) is 0 Å². The van der Waals surface area contributed by atoms with E-state index < -0.39 is 0 Å². The molecule has 130 valence electrons. The first kappa shape index (κ1) is 17.9. The van der Waals surface area contributed by atoms with Gasteiger partial charge in [-0.2, -0.15) is 0 Å². The van der Waals surface area contributed by atoms with Gasteiger partial charge in [0.05, 0.1) is 11.7 Å². The predicted octanol–water partition coefficient (Wildman–Crippen LogP) is 2.30. The van der Waals surface area contributed by atoms with E-state index in [2.05, 4.69) is 64.1 Å². The molecule has 0 aromatic carbocycles. The van der Waals surface area contributed by atoms with E-state index in [0.717, 1.165) is 25.1 Å². The fourth-order valence-electron chi connectivity index (χ4n) is 3.46. The molecule has 0 unspecified atom stereocenters. The van der Waals surface area contributed by atoms with Crippen molar-refractivity contribution in [2.75, 3.05) is 6.54 Å². The molecule has 1 aliphatic heterocycles. The highest BCUT2D eigenvalue weighted by Gasteiger charge is 2.35. The fraction of sp³-hybridized carbons (Fsp3) is 0.824. The number of carbonyl (C=O) groups excluding carboxylic acids is 1. The van der Waals surface area contributed by atoms with Gasteiger partial charge >= 0.3 is 0 Å². The first-order valence-corrected chi connectivity index (χ1v) is 8.41. The van der Waals surface area contributed by atoms with Crippen LogP contribution in [0.2, 0.25) is 0 Å². The molecule has 1 aliphatic rings. The molecule has 6 heteroatoms. The SMILES string of the molecule is CC(C)(C)NC(C)(C)c1cn(CC(=O)N2CCCC2(C)C)nn1. The van der Waals surface area contributed by atoms with Gasteiger partial charge in [0.15, 0.2) is 0 Å². The summed E-state index contributed by atoms with van der Waals surface area (Å²) in [4.78, 5) is 14.5. The van der Waals surface area contributed by atoms with E-state index in [4.69, 9.17) is 0 Å². The van der Waals surface area contributed by atoms with Gasteiger partial charge in [-0.3, -0.25) is 4.79 Å². The molecule has 1 aromatic heterocycles. The Hall–Kier alpha value is -1.43. The molecule has 0 atom stereocenters. The quantitative estimate of drug-likeness (QED) is 0.924. The van der Waals surface area contributed by atoms with Crippen molar-refractivity contribution < 1.29 is 4.79 Å². The molecule has 0 bridgehead atoms. The van der Waals surface area contributed by atoms with Crippen LogP contribution in [-0.2, 0) is 16.9 Å². The van der Waals surface area contributed by atoms with Crippen molar-refractivity contribution in [1.82, 2.24) is 25.2 Å². The second-order valence-corrected chi connectivity index (χ2v) is 8.76. The third-order valence-electron chi connectivity index (χ3n) is 4.37. The standard InChI is InChI=1S/C17H31N5O/c1-15(2,3)19-17(6,7)13-11-21(20-18-13)12-14(23)22-10-8-9-16(22,4)5/h11,19H,8-10,12H2,1-7H3. The van der Waals surface area contributed by atoms with Crippen LogP contribution in [0.5, 0.6) is 0 Å². The third kappa shape index (κ3) is 4.31. The van der Waals surface area contributed by atoms with Gasteiger partial charge < -0.3 is 10.2 Å². The maximum atomic E-state index is 12.5. The van der Waals surface area contributed by atoms with E-state index >= 15 is 0 Å². The summed E-state index contributed by atoms with van der Waals surface area (Å²) < 4.78 is 1.65. The van der Waals surface area contributed by atoms with Crippen LogP contribution in [-0.4, -0.2) is 43.4 Å². The van der Waals surface area contributed by atoms with E-state index in [0.29, 0.717) is 0 Å². The summed E-state index contributed by atoms with van der Waals surface area (Å²) in [6.07, 6.45) is 4.01. The van der Waals surface area contributed by atoms with Gasteiger partial charge in [0, 0.05) is 17.6 Å². The number of carbonyl (C=O) groups is 1. The summed E-state index contributed by atoms with van der Waals surface area (Å²) >= 11 is 0. The van der Waals surface area contributed by atoms with Crippen molar-refractivity contribution in [3.8, 4) is 0 Å². The number of hydrogen-bond donors (Lipinski definition) is 1. The van der Waals surface area contributed by atoms with Crippen LogP contribution in [0.15, 0.2) is 6.20 Å². The summed E-state index contributed by atoms with van der Waals surface area (Å²) in [6, 6.07) is 0. The fourth-order valence-corrected chi connectivity index (χ4v) is 3.46. The molecular weight excluding hydrogens is 290 g/mol. The van der Waals surface area contributed by atoms with Gasteiger partial charge in [-0.05, 0) is 61.3 Å². The lowest BCUT2D eigenvalue weighted by Gasteiger charge is -2.33. The van der Waals surface area contributed by atoms with Gasteiger partial charge in [-0.15, -0.1) is 5.10 Å². The van der Waals surface area contributed by atoms with E-state index in [1.807, 2.05) is 11.1 Å². The predicted molar refractivity (Wildman–Crippen MR) is 91.0 cm³/mol. The van der Waals surface area contributed by atoms with Crippen molar-refractivity contribution in [2.45, 2.75) is 84.5 Å². The average molecular weight is 321 g/mol. The van der Waals surface area contributed by atoms with Crippen LogP contribution in [0.1, 0.15) is 67.0 Å².